The van der Waals surface area contributed by atoms with Gasteiger partial charge in [-0.25, -0.2) is 0 Å². The van der Waals surface area contributed by atoms with E-state index >= 15 is 0 Å². The van der Waals surface area contributed by atoms with E-state index in [-0.39, 0.29) is 23.8 Å². The SMILES string of the molecule is C[C@H](C(=O)NCCCO)C(C)(C)C. The van der Waals surface area contributed by atoms with Crippen molar-refractivity contribution < 1.29 is 9.90 Å². The summed E-state index contributed by atoms with van der Waals surface area (Å²) in [4.78, 5) is 11.5. The molecule has 0 spiro atoms. The molecule has 0 heterocycles. The smallest absolute Gasteiger partial charge is 0.223 e. The van der Waals surface area contributed by atoms with E-state index in [1.807, 2.05) is 27.7 Å². The summed E-state index contributed by atoms with van der Waals surface area (Å²) in [7, 11) is 0. The predicted octanol–water partition coefficient (Wildman–Crippen LogP) is 1.17. The van der Waals surface area contributed by atoms with Crippen molar-refractivity contribution in [1.29, 1.82) is 0 Å². The van der Waals surface area contributed by atoms with Crippen molar-refractivity contribution in [2.24, 2.45) is 11.3 Å². The third-order valence-corrected chi connectivity index (χ3v) is 2.33. The second-order valence-corrected chi connectivity index (χ2v) is 4.46. The number of carbonyl (C=O) groups is 1. The number of amides is 1. The van der Waals surface area contributed by atoms with Crippen LogP contribution in [0.2, 0.25) is 0 Å². The Bertz CT molecular complexity index is 161. The number of rotatable bonds is 4. The molecule has 0 aromatic rings. The fraction of sp³-hybridized carbons (Fsp3) is 0.900. The molecule has 2 N–H and O–H groups in total. The van der Waals surface area contributed by atoms with Gasteiger partial charge in [0.05, 0.1) is 0 Å². The number of hydrogen-bond donors (Lipinski definition) is 2. The summed E-state index contributed by atoms with van der Waals surface area (Å²) in [5.74, 6) is 0.0761. The summed E-state index contributed by atoms with van der Waals surface area (Å²) >= 11 is 0. The first-order valence-corrected chi connectivity index (χ1v) is 4.78. The molecule has 78 valence electrons. The van der Waals surface area contributed by atoms with Gasteiger partial charge >= 0.3 is 0 Å². The topological polar surface area (TPSA) is 49.3 Å². The van der Waals surface area contributed by atoms with Crippen molar-refractivity contribution in [3.05, 3.63) is 0 Å². The molecule has 0 saturated heterocycles. The molecule has 0 aromatic carbocycles. The van der Waals surface area contributed by atoms with Gasteiger partial charge in [0.25, 0.3) is 0 Å². The van der Waals surface area contributed by atoms with Crippen LogP contribution < -0.4 is 5.32 Å². The molecule has 0 unspecified atom stereocenters. The number of carbonyl (C=O) groups excluding carboxylic acids is 1. The second-order valence-electron chi connectivity index (χ2n) is 4.46. The largest absolute Gasteiger partial charge is 0.396 e. The monoisotopic (exact) mass is 187 g/mol. The number of nitrogens with one attached hydrogen (secondary N) is 1. The van der Waals surface area contributed by atoms with E-state index in [9.17, 15) is 4.79 Å². The Morgan fingerprint density at radius 3 is 2.38 bits per heavy atom. The summed E-state index contributed by atoms with van der Waals surface area (Å²) in [6.07, 6.45) is 0.628. The lowest BCUT2D eigenvalue weighted by Crippen LogP contribution is -2.36. The summed E-state index contributed by atoms with van der Waals surface area (Å²) in [5.41, 5.74) is 0.00327. The van der Waals surface area contributed by atoms with Gasteiger partial charge in [-0.3, -0.25) is 4.79 Å². The quantitative estimate of drug-likeness (QED) is 0.649. The van der Waals surface area contributed by atoms with E-state index in [4.69, 9.17) is 5.11 Å². The molecule has 0 rings (SSSR count). The number of aliphatic hydroxyl groups excluding tert-OH is 1. The summed E-state index contributed by atoms with van der Waals surface area (Å²) in [6.45, 7) is 8.75. The highest BCUT2D eigenvalue weighted by Crippen LogP contribution is 2.24. The summed E-state index contributed by atoms with van der Waals surface area (Å²) < 4.78 is 0. The fourth-order valence-electron chi connectivity index (χ4n) is 0.837. The van der Waals surface area contributed by atoms with Crippen molar-refractivity contribution in [2.75, 3.05) is 13.2 Å². The van der Waals surface area contributed by atoms with Crippen molar-refractivity contribution in [3.8, 4) is 0 Å². The standard InChI is InChI=1S/C10H21NO2/c1-8(10(2,3)4)9(13)11-6-5-7-12/h8,12H,5-7H2,1-4H3,(H,11,13)/t8-/m1/s1. The Kier molecular flexibility index (Phi) is 4.99. The van der Waals surface area contributed by atoms with Crippen LogP contribution in [-0.4, -0.2) is 24.2 Å². The molecule has 0 saturated carbocycles. The zero-order valence-electron chi connectivity index (χ0n) is 9.05. The Labute approximate surface area is 80.5 Å². The first kappa shape index (κ1) is 12.4. The second kappa shape index (κ2) is 5.22. The van der Waals surface area contributed by atoms with E-state index in [1.165, 1.54) is 0 Å². The summed E-state index contributed by atoms with van der Waals surface area (Å²) in [5, 5.41) is 11.3. The lowest BCUT2D eigenvalue weighted by Gasteiger charge is -2.25. The van der Waals surface area contributed by atoms with E-state index in [0.29, 0.717) is 13.0 Å². The Morgan fingerprint density at radius 1 is 1.46 bits per heavy atom. The minimum atomic E-state index is 0.00327. The van der Waals surface area contributed by atoms with Crippen LogP contribution in [0, 0.1) is 11.3 Å². The van der Waals surface area contributed by atoms with Crippen LogP contribution in [0.25, 0.3) is 0 Å². The maximum atomic E-state index is 11.5. The zero-order valence-corrected chi connectivity index (χ0v) is 9.05. The summed E-state index contributed by atoms with van der Waals surface area (Å²) in [6, 6.07) is 0. The molecular formula is C10H21NO2. The van der Waals surface area contributed by atoms with Crippen LogP contribution in [0.4, 0.5) is 0 Å². The van der Waals surface area contributed by atoms with E-state index in [2.05, 4.69) is 5.32 Å². The molecule has 0 aliphatic carbocycles. The lowest BCUT2D eigenvalue weighted by molar-refractivity contribution is -0.127. The van der Waals surface area contributed by atoms with Gasteiger partial charge in [-0.15, -0.1) is 0 Å². The third-order valence-electron chi connectivity index (χ3n) is 2.33. The molecule has 1 atom stereocenters. The Hall–Kier alpha value is -0.570. The van der Waals surface area contributed by atoms with Crippen LogP contribution in [-0.2, 0) is 4.79 Å². The average Bonchev–Trinajstić information content (AvgIpc) is 2.01. The van der Waals surface area contributed by atoms with Crippen molar-refractivity contribution in [3.63, 3.8) is 0 Å². The van der Waals surface area contributed by atoms with E-state index in [0.717, 1.165) is 0 Å². The molecule has 3 nitrogen and oxygen atoms in total. The lowest BCUT2D eigenvalue weighted by atomic mass is 9.81. The first-order valence-electron chi connectivity index (χ1n) is 4.78. The van der Waals surface area contributed by atoms with E-state index in [1.54, 1.807) is 0 Å². The molecule has 0 fully saturated rings. The average molecular weight is 187 g/mol. The van der Waals surface area contributed by atoms with Gasteiger partial charge in [0.2, 0.25) is 5.91 Å². The number of aliphatic hydroxyl groups is 1. The maximum Gasteiger partial charge on any atom is 0.223 e. The molecule has 0 bridgehead atoms. The van der Waals surface area contributed by atoms with Crippen molar-refractivity contribution >= 4 is 5.91 Å². The Morgan fingerprint density at radius 2 is 2.00 bits per heavy atom. The third kappa shape index (κ3) is 4.88. The first-order chi connectivity index (χ1) is 5.89. The molecule has 0 aliphatic heterocycles. The molecule has 0 aliphatic rings. The minimum Gasteiger partial charge on any atom is -0.396 e. The van der Waals surface area contributed by atoms with Crippen LogP contribution in [0.3, 0.4) is 0 Å². The van der Waals surface area contributed by atoms with Gasteiger partial charge in [-0.1, -0.05) is 27.7 Å². The van der Waals surface area contributed by atoms with Crippen LogP contribution in [0.15, 0.2) is 0 Å². The predicted molar refractivity (Wildman–Crippen MR) is 53.3 cm³/mol. The zero-order chi connectivity index (χ0) is 10.5. The van der Waals surface area contributed by atoms with Crippen molar-refractivity contribution in [2.45, 2.75) is 34.1 Å². The minimum absolute atomic E-state index is 0.00327. The maximum absolute atomic E-state index is 11.5. The molecule has 0 aromatic heterocycles. The normalized spacial score (nSPS) is 13.9. The van der Waals surface area contributed by atoms with Gasteiger partial charge < -0.3 is 10.4 Å². The van der Waals surface area contributed by atoms with E-state index < -0.39 is 0 Å². The highest BCUT2D eigenvalue weighted by Gasteiger charge is 2.26. The Balaban J connectivity index is 3.84. The highest BCUT2D eigenvalue weighted by molar-refractivity contribution is 5.78. The molecule has 3 heteroatoms. The number of hydrogen-bond acceptors (Lipinski definition) is 2. The fourth-order valence-corrected chi connectivity index (χ4v) is 0.837. The van der Waals surface area contributed by atoms with Gasteiger partial charge in [0.15, 0.2) is 0 Å². The highest BCUT2D eigenvalue weighted by atomic mass is 16.3. The van der Waals surface area contributed by atoms with Crippen LogP contribution in [0.1, 0.15) is 34.1 Å². The van der Waals surface area contributed by atoms with Gasteiger partial charge in [0.1, 0.15) is 0 Å². The van der Waals surface area contributed by atoms with Gasteiger partial charge in [-0.05, 0) is 11.8 Å². The molecule has 1 amide bonds. The van der Waals surface area contributed by atoms with Crippen LogP contribution in [0.5, 0.6) is 0 Å². The van der Waals surface area contributed by atoms with Gasteiger partial charge in [0, 0.05) is 19.1 Å². The molecule has 13 heavy (non-hydrogen) atoms. The molecule has 0 radical (unpaired) electrons. The van der Waals surface area contributed by atoms with Crippen LogP contribution >= 0.6 is 0 Å². The molecular weight excluding hydrogens is 166 g/mol. The van der Waals surface area contributed by atoms with Gasteiger partial charge in [-0.2, -0.15) is 0 Å². The van der Waals surface area contributed by atoms with Crippen molar-refractivity contribution in [1.82, 2.24) is 5.32 Å².